The molecule has 2 aromatic carbocycles. The zero-order chi connectivity index (χ0) is 16.4. The first-order valence-corrected chi connectivity index (χ1v) is 7.88. The van der Waals surface area contributed by atoms with E-state index < -0.39 is 5.60 Å². The lowest BCUT2D eigenvalue weighted by atomic mass is 9.82. The summed E-state index contributed by atoms with van der Waals surface area (Å²) in [5, 5.41) is 9.71. The Balaban J connectivity index is 2.00. The molecule has 1 unspecified atom stereocenters. The number of phenolic OH excluding ortho intramolecular Hbond substituents is 1. The summed E-state index contributed by atoms with van der Waals surface area (Å²) in [5.74, 6) is -0.00309. The molecule has 0 saturated heterocycles. The van der Waals surface area contributed by atoms with Crippen LogP contribution in [0.25, 0.3) is 0 Å². The van der Waals surface area contributed by atoms with Gasteiger partial charge in [-0.25, -0.2) is 4.39 Å². The van der Waals surface area contributed by atoms with E-state index in [9.17, 15) is 9.50 Å². The van der Waals surface area contributed by atoms with Crippen molar-refractivity contribution in [2.75, 3.05) is 20.6 Å². The molecule has 1 aliphatic rings. The molecule has 1 aliphatic heterocycles. The molecule has 3 rings (SSSR count). The van der Waals surface area contributed by atoms with E-state index in [2.05, 4.69) is 4.90 Å². The van der Waals surface area contributed by atoms with Crippen LogP contribution in [0.5, 0.6) is 5.75 Å². The van der Waals surface area contributed by atoms with Crippen LogP contribution in [0.4, 0.5) is 4.39 Å². The van der Waals surface area contributed by atoms with Crippen LogP contribution in [0.15, 0.2) is 42.5 Å². The number of hydrogen-bond donors (Lipinski definition) is 1. The second kappa shape index (κ2) is 6.30. The third-order valence-electron chi connectivity index (χ3n) is 4.44. The highest BCUT2D eigenvalue weighted by atomic mass is 19.1. The van der Waals surface area contributed by atoms with Gasteiger partial charge < -0.3 is 14.7 Å². The van der Waals surface area contributed by atoms with E-state index in [-0.39, 0.29) is 11.6 Å². The van der Waals surface area contributed by atoms with E-state index in [1.807, 2.05) is 20.2 Å². The SMILES string of the molecule is CN(C)CCCC1(c2ccc(F)cc2)OCc2cc(O)ccc21. The van der Waals surface area contributed by atoms with E-state index in [1.54, 1.807) is 24.3 Å². The normalized spacial score (nSPS) is 20.0. The van der Waals surface area contributed by atoms with Crippen LogP contribution in [0.2, 0.25) is 0 Å². The molecule has 2 aromatic rings. The molecule has 1 atom stereocenters. The van der Waals surface area contributed by atoms with Crippen molar-refractivity contribution in [1.29, 1.82) is 0 Å². The predicted octanol–water partition coefficient (Wildman–Crippen LogP) is 3.65. The maximum absolute atomic E-state index is 13.3. The molecule has 0 fully saturated rings. The standard InChI is InChI=1S/C19H22FNO2/c1-21(2)11-3-10-19(15-4-6-16(20)7-5-15)18-9-8-17(22)12-14(18)13-23-19/h4-9,12,22H,3,10-11,13H2,1-2H3. The molecule has 0 aromatic heterocycles. The maximum Gasteiger partial charge on any atom is 0.123 e. The van der Waals surface area contributed by atoms with E-state index in [0.29, 0.717) is 6.61 Å². The Kier molecular flexibility index (Phi) is 4.37. The van der Waals surface area contributed by atoms with E-state index in [0.717, 1.165) is 36.1 Å². The summed E-state index contributed by atoms with van der Waals surface area (Å²) in [6.45, 7) is 1.42. The van der Waals surface area contributed by atoms with Crippen molar-refractivity contribution < 1.29 is 14.2 Å². The van der Waals surface area contributed by atoms with Gasteiger partial charge in [0.05, 0.1) is 6.61 Å². The Labute approximate surface area is 136 Å². The number of ether oxygens (including phenoxy) is 1. The van der Waals surface area contributed by atoms with Crippen LogP contribution < -0.4 is 0 Å². The number of hydrogen-bond acceptors (Lipinski definition) is 3. The second-order valence-corrected chi connectivity index (χ2v) is 6.37. The fraction of sp³-hybridized carbons (Fsp3) is 0.368. The molecule has 122 valence electrons. The Morgan fingerprint density at radius 3 is 2.61 bits per heavy atom. The quantitative estimate of drug-likeness (QED) is 0.914. The topological polar surface area (TPSA) is 32.7 Å². The number of phenols is 1. The van der Waals surface area contributed by atoms with Gasteiger partial charge in [-0.15, -0.1) is 0 Å². The summed E-state index contributed by atoms with van der Waals surface area (Å²) >= 11 is 0. The average molecular weight is 315 g/mol. The molecule has 23 heavy (non-hydrogen) atoms. The van der Waals surface area contributed by atoms with Gasteiger partial charge in [0.15, 0.2) is 0 Å². The summed E-state index contributed by atoms with van der Waals surface area (Å²) in [6.07, 6.45) is 1.78. The monoisotopic (exact) mass is 315 g/mol. The van der Waals surface area contributed by atoms with Gasteiger partial charge in [-0.2, -0.15) is 0 Å². The smallest absolute Gasteiger partial charge is 0.123 e. The lowest BCUT2D eigenvalue weighted by Crippen LogP contribution is -2.28. The molecular formula is C19H22FNO2. The van der Waals surface area contributed by atoms with Crippen LogP contribution in [0.1, 0.15) is 29.5 Å². The number of aromatic hydroxyl groups is 1. The minimum Gasteiger partial charge on any atom is -0.508 e. The highest BCUT2D eigenvalue weighted by Gasteiger charge is 2.41. The Morgan fingerprint density at radius 2 is 1.91 bits per heavy atom. The zero-order valence-electron chi connectivity index (χ0n) is 13.6. The first-order valence-electron chi connectivity index (χ1n) is 7.88. The lowest BCUT2D eigenvalue weighted by molar-refractivity contribution is -0.0140. The molecule has 1 heterocycles. The third kappa shape index (κ3) is 3.09. The summed E-state index contributed by atoms with van der Waals surface area (Å²) in [5.41, 5.74) is 2.47. The van der Waals surface area contributed by atoms with Crippen molar-refractivity contribution in [3.8, 4) is 5.75 Å². The summed E-state index contributed by atoms with van der Waals surface area (Å²) in [7, 11) is 4.10. The average Bonchev–Trinajstić information content (AvgIpc) is 2.87. The van der Waals surface area contributed by atoms with Crippen molar-refractivity contribution in [3.63, 3.8) is 0 Å². The van der Waals surface area contributed by atoms with E-state index >= 15 is 0 Å². The summed E-state index contributed by atoms with van der Waals surface area (Å²) < 4.78 is 19.5. The van der Waals surface area contributed by atoms with Gasteiger partial charge in [-0.3, -0.25) is 0 Å². The molecular weight excluding hydrogens is 293 g/mol. The van der Waals surface area contributed by atoms with E-state index in [1.165, 1.54) is 12.1 Å². The Hall–Kier alpha value is -1.91. The van der Waals surface area contributed by atoms with Gasteiger partial charge >= 0.3 is 0 Å². The van der Waals surface area contributed by atoms with Crippen LogP contribution in [0.3, 0.4) is 0 Å². The van der Waals surface area contributed by atoms with Crippen LogP contribution >= 0.6 is 0 Å². The van der Waals surface area contributed by atoms with Crippen LogP contribution in [-0.4, -0.2) is 30.6 Å². The lowest BCUT2D eigenvalue weighted by Gasteiger charge is -2.31. The van der Waals surface area contributed by atoms with Crippen LogP contribution in [0, 0.1) is 5.82 Å². The van der Waals surface area contributed by atoms with E-state index in [4.69, 9.17) is 4.74 Å². The van der Waals surface area contributed by atoms with Gasteiger partial charge in [0, 0.05) is 0 Å². The minimum atomic E-state index is -0.563. The Morgan fingerprint density at radius 1 is 1.17 bits per heavy atom. The van der Waals surface area contributed by atoms with Gasteiger partial charge in [-0.1, -0.05) is 18.2 Å². The van der Waals surface area contributed by atoms with Gasteiger partial charge in [0.1, 0.15) is 17.2 Å². The summed E-state index contributed by atoms with van der Waals surface area (Å²) in [6, 6.07) is 11.9. The fourth-order valence-electron chi connectivity index (χ4n) is 3.33. The number of halogens is 1. The molecule has 3 nitrogen and oxygen atoms in total. The number of nitrogens with zero attached hydrogens (tertiary/aromatic N) is 1. The van der Waals surface area contributed by atoms with Crippen molar-refractivity contribution in [3.05, 3.63) is 65.0 Å². The molecule has 4 heteroatoms. The number of rotatable bonds is 5. The van der Waals surface area contributed by atoms with Gasteiger partial charge in [0.25, 0.3) is 0 Å². The van der Waals surface area contributed by atoms with Crippen molar-refractivity contribution >= 4 is 0 Å². The number of benzene rings is 2. The van der Waals surface area contributed by atoms with Crippen LogP contribution in [-0.2, 0) is 16.9 Å². The molecule has 0 spiro atoms. The predicted molar refractivity (Wildman–Crippen MR) is 87.9 cm³/mol. The minimum absolute atomic E-state index is 0.246. The molecule has 1 N–H and O–H groups in total. The largest absolute Gasteiger partial charge is 0.508 e. The summed E-state index contributed by atoms with van der Waals surface area (Å²) in [4.78, 5) is 2.14. The maximum atomic E-state index is 13.3. The first kappa shape index (κ1) is 16.0. The van der Waals surface area contributed by atoms with Gasteiger partial charge in [-0.05, 0) is 74.4 Å². The van der Waals surface area contributed by atoms with Crippen molar-refractivity contribution in [2.24, 2.45) is 0 Å². The molecule has 0 amide bonds. The highest BCUT2D eigenvalue weighted by Crippen LogP contribution is 2.46. The first-order chi connectivity index (χ1) is 11.0. The third-order valence-corrected chi connectivity index (χ3v) is 4.44. The zero-order valence-corrected chi connectivity index (χ0v) is 13.6. The molecule has 0 aliphatic carbocycles. The fourth-order valence-corrected chi connectivity index (χ4v) is 3.33. The number of fused-ring (bicyclic) bond motifs is 1. The van der Waals surface area contributed by atoms with Crippen molar-refractivity contribution in [1.82, 2.24) is 4.90 Å². The molecule has 0 saturated carbocycles. The Bertz CT molecular complexity index is 684. The highest BCUT2D eigenvalue weighted by molar-refractivity contribution is 5.46. The molecule has 0 radical (unpaired) electrons. The molecule has 0 bridgehead atoms. The van der Waals surface area contributed by atoms with Gasteiger partial charge in [0.2, 0.25) is 0 Å². The second-order valence-electron chi connectivity index (χ2n) is 6.37. The van der Waals surface area contributed by atoms with Crippen molar-refractivity contribution in [2.45, 2.75) is 25.0 Å².